The van der Waals surface area contributed by atoms with Gasteiger partial charge in [-0.3, -0.25) is 4.79 Å². The molecule has 0 bridgehead atoms. The highest BCUT2D eigenvalue weighted by Crippen LogP contribution is 2.29. The number of carbonyl (C=O) groups is 1. The average molecular weight is 242 g/mol. The zero-order valence-corrected chi connectivity index (χ0v) is 10.1. The van der Waals surface area contributed by atoms with Crippen LogP contribution in [0.2, 0.25) is 5.22 Å². The van der Waals surface area contributed by atoms with Gasteiger partial charge in [-0.1, -0.05) is 13.3 Å². The molecule has 0 radical (unpaired) electrons. The standard InChI is InChI=1S/C12H16ClNO2/c1-8-2-3-9(6-8)7-14-12(15)10-4-5-11(13)16-10/h4-5,8-9H,2-3,6-7H2,1H3,(H,14,15). The minimum absolute atomic E-state index is 0.175. The molecule has 1 fully saturated rings. The smallest absolute Gasteiger partial charge is 0.287 e. The van der Waals surface area contributed by atoms with Crippen LogP contribution >= 0.6 is 11.6 Å². The van der Waals surface area contributed by atoms with Crippen molar-refractivity contribution in [3.8, 4) is 0 Å². The predicted molar refractivity (Wildman–Crippen MR) is 62.6 cm³/mol. The lowest BCUT2D eigenvalue weighted by atomic mass is 10.1. The van der Waals surface area contributed by atoms with Crippen LogP contribution < -0.4 is 5.32 Å². The molecule has 88 valence electrons. The lowest BCUT2D eigenvalue weighted by molar-refractivity contribution is 0.0919. The van der Waals surface area contributed by atoms with Gasteiger partial charge in [-0.25, -0.2) is 0 Å². The van der Waals surface area contributed by atoms with Crippen LogP contribution in [-0.2, 0) is 0 Å². The first kappa shape index (κ1) is 11.5. The molecule has 16 heavy (non-hydrogen) atoms. The fourth-order valence-electron chi connectivity index (χ4n) is 2.27. The van der Waals surface area contributed by atoms with Crippen LogP contribution in [0.4, 0.5) is 0 Å². The molecule has 1 aliphatic carbocycles. The summed E-state index contributed by atoms with van der Waals surface area (Å²) >= 11 is 5.60. The van der Waals surface area contributed by atoms with Crippen molar-refractivity contribution in [1.82, 2.24) is 5.32 Å². The molecule has 0 aliphatic heterocycles. The summed E-state index contributed by atoms with van der Waals surface area (Å²) in [6.45, 7) is 3.00. The SMILES string of the molecule is CC1CCC(CNC(=O)c2ccc(Cl)o2)C1. The van der Waals surface area contributed by atoms with Crippen molar-refractivity contribution >= 4 is 17.5 Å². The van der Waals surface area contributed by atoms with Gasteiger partial charge in [0.05, 0.1) is 0 Å². The fourth-order valence-corrected chi connectivity index (χ4v) is 2.42. The van der Waals surface area contributed by atoms with Crippen LogP contribution in [0, 0.1) is 11.8 Å². The summed E-state index contributed by atoms with van der Waals surface area (Å²) in [5.74, 6) is 1.52. The van der Waals surface area contributed by atoms with Gasteiger partial charge < -0.3 is 9.73 Å². The number of furan rings is 1. The normalized spacial score (nSPS) is 24.6. The zero-order chi connectivity index (χ0) is 11.5. The highest BCUT2D eigenvalue weighted by Gasteiger charge is 2.22. The number of carbonyl (C=O) groups excluding carboxylic acids is 1. The van der Waals surface area contributed by atoms with E-state index in [1.807, 2.05) is 0 Å². The van der Waals surface area contributed by atoms with Crippen LogP contribution in [0.25, 0.3) is 0 Å². The van der Waals surface area contributed by atoms with Crippen molar-refractivity contribution < 1.29 is 9.21 Å². The third-order valence-electron chi connectivity index (χ3n) is 3.15. The lowest BCUT2D eigenvalue weighted by Gasteiger charge is -2.09. The van der Waals surface area contributed by atoms with Crippen molar-refractivity contribution in [3.05, 3.63) is 23.1 Å². The van der Waals surface area contributed by atoms with Gasteiger partial charge in [0, 0.05) is 6.54 Å². The highest BCUT2D eigenvalue weighted by molar-refractivity contribution is 6.29. The summed E-state index contributed by atoms with van der Waals surface area (Å²) in [5, 5.41) is 3.13. The Bertz CT molecular complexity index is 375. The first-order chi connectivity index (χ1) is 7.65. The monoisotopic (exact) mass is 241 g/mol. The molecular formula is C12H16ClNO2. The quantitative estimate of drug-likeness (QED) is 0.884. The predicted octanol–water partition coefficient (Wildman–Crippen LogP) is 3.10. The largest absolute Gasteiger partial charge is 0.440 e. The first-order valence-corrected chi connectivity index (χ1v) is 6.06. The molecule has 2 atom stereocenters. The molecule has 1 aromatic rings. The number of hydrogen-bond acceptors (Lipinski definition) is 2. The molecule has 1 heterocycles. The van der Waals surface area contributed by atoms with Crippen molar-refractivity contribution in [1.29, 1.82) is 0 Å². The molecule has 2 rings (SSSR count). The molecule has 1 amide bonds. The Hall–Kier alpha value is -0.960. The van der Waals surface area contributed by atoms with Crippen molar-refractivity contribution in [2.45, 2.75) is 26.2 Å². The van der Waals surface area contributed by atoms with Crippen molar-refractivity contribution in [2.24, 2.45) is 11.8 Å². The van der Waals surface area contributed by atoms with Crippen molar-refractivity contribution in [2.75, 3.05) is 6.54 Å². The summed E-state index contributed by atoms with van der Waals surface area (Å²) < 4.78 is 5.03. The van der Waals surface area contributed by atoms with Crippen molar-refractivity contribution in [3.63, 3.8) is 0 Å². The minimum Gasteiger partial charge on any atom is -0.440 e. The Kier molecular flexibility index (Phi) is 3.54. The second-order valence-electron chi connectivity index (χ2n) is 4.60. The van der Waals surface area contributed by atoms with Gasteiger partial charge in [-0.05, 0) is 48.4 Å². The molecule has 4 heteroatoms. The third kappa shape index (κ3) is 2.79. The van der Waals surface area contributed by atoms with Crippen LogP contribution in [0.15, 0.2) is 16.5 Å². The fraction of sp³-hybridized carbons (Fsp3) is 0.583. The summed E-state index contributed by atoms with van der Waals surface area (Å²) in [4.78, 5) is 11.6. The minimum atomic E-state index is -0.175. The van der Waals surface area contributed by atoms with Crippen LogP contribution in [0.5, 0.6) is 0 Å². The summed E-state index contributed by atoms with van der Waals surface area (Å²) in [7, 11) is 0. The van der Waals surface area contributed by atoms with Crippen LogP contribution in [0.1, 0.15) is 36.7 Å². The molecule has 0 saturated heterocycles. The molecule has 1 saturated carbocycles. The van der Waals surface area contributed by atoms with E-state index in [0.717, 1.165) is 12.5 Å². The molecule has 2 unspecified atom stereocenters. The lowest BCUT2D eigenvalue weighted by Crippen LogP contribution is -2.28. The first-order valence-electron chi connectivity index (χ1n) is 5.68. The molecule has 0 spiro atoms. The topological polar surface area (TPSA) is 42.2 Å². The van der Waals surface area contributed by atoms with E-state index in [1.165, 1.54) is 19.3 Å². The van der Waals surface area contributed by atoms with Crippen LogP contribution in [0.3, 0.4) is 0 Å². The van der Waals surface area contributed by atoms with E-state index in [4.69, 9.17) is 16.0 Å². The van der Waals surface area contributed by atoms with Gasteiger partial charge in [0.2, 0.25) is 0 Å². The number of halogens is 1. The average Bonchev–Trinajstić information content (AvgIpc) is 2.84. The van der Waals surface area contributed by atoms with E-state index in [0.29, 0.717) is 5.92 Å². The molecule has 0 aromatic carbocycles. The Labute approximate surface area is 100 Å². The zero-order valence-electron chi connectivity index (χ0n) is 9.33. The van der Waals surface area contributed by atoms with Gasteiger partial charge in [0.15, 0.2) is 11.0 Å². The van der Waals surface area contributed by atoms with Gasteiger partial charge in [-0.15, -0.1) is 0 Å². The maximum Gasteiger partial charge on any atom is 0.287 e. The van der Waals surface area contributed by atoms with E-state index in [9.17, 15) is 4.79 Å². The molecule has 1 N–H and O–H groups in total. The summed E-state index contributed by atoms with van der Waals surface area (Å²) in [6, 6.07) is 3.17. The van der Waals surface area contributed by atoms with E-state index in [-0.39, 0.29) is 16.9 Å². The number of nitrogens with one attached hydrogen (secondary N) is 1. The Morgan fingerprint density at radius 1 is 1.56 bits per heavy atom. The number of hydrogen-bond donors (Lipinski definition) is 1. The second kappa shape index (κ2) is 4.91. The third-order valence-corrected chi connectivity index (χ3v) is 3.35. The van der Waals surface area contributed by atoms with Gasteiger partial charge in [0.1, 0.15) is 0 Å². The number of amides is 1. The van der Waals surface area contributed by atoms with Gasteiger partial charge in [-0.2, -0.15) is 0 Å². The summed E-state index contributed by atoms with van der Waals surface area (Å²) in [5.41, 5.74) is 0. The Morgan fingerprint density at radius 2 is 2.38 bits per heavy atom. The van der Waals surface area contributed by atoms with E-state index < -0.39 is 0 Å². The second-order valence-corrected chi connectivity index (χ2v) is 4.97. The maximum atomic E-state index is 11.6. The van der Waals surface area contributed by atoms with E-state index >= 15 is 0 Å². The Balaban J connectivity index is 1.80. The number of rotatable bonds is 3. The van der Waals surface area contributed by atoms with E-state index in [2.05, 4.69) is 12.2 Å². The summed E-state index contributed by atoms with van der Waals surface area (Å²) in [6.07, 6.45) is 3.69. The molecular weight excluding hydrogens is 226 g/mol. The Morgan fingerprint density at radius 3 is 2.94 bits per heavy atom. The molecule has 3 nitrogen and oxygen atoms in total. The van der Waals surface area contributed by atoms with Gasteiger partial charge in [0.25, 0.3) is 5.91 Å². The maximum absolute atomic E-state index is 11.6. The molecule has 1 aromatic heterocycles. The molecule has 1 aliphatic rings. The van der Waals surface area contributed by atoms with Gasteiger partial charge >= 0.3 is 0 Å². The van der Waals surface area contributed by atoms with E-state index in [1.54, 1.807) is 12.1 Å². The van der Waals surface area contributed by atoms with Crippen LogP contribution in [-0.4, -0.2) is 12.5 Å². The highest BCUT2D eigenvalue weighted by atomic mass is 35.5.